The number of hydrogen-bond donors (Lipinski definition) is 1. The van der Waals surface area contributed by atoms with Gasteiger partial charge in [0.05, 0.1) is 18.8 Å². The van der Waals surface area contributed by atoms with E-state index in [1.165, 1.54) is 6.33 Å². The number of anilines is 1. The molecule has 0 atom stereocenters. The van der Waals surface area contributed by atoms with Gasteiger partial charge in [-0.25, -0.2) is 15.0 Å². The lowest BCUT2D eigenvalue weighted by atomic mass is 10.3. The van der Waals surface area contributed by atoms with Gasteiger partial charge in [-0.3, -0.25) is 9.48 Å². The van der Waals surface area contributed by atoms with Gasteiger partial charge >= 0.3 is 0 Å². The van der Waals surface area contributed by atoms with E-state index >= 15 is 0 Å². The Morgan fingerprint density at radius 2 is 2.00 bits per heavy atom. The number of ether oxygens (including phenoxy) is 1. The molecule has 1 aliphatic heterocycles. The van der Waals surface area contributed by atoms with Crippen molar-refractivity contribution in [2.45, 2.75) is 6.42 Å². The Balaban J connectivity index is 1.52. The quantitative estimate of drug-likeness (QED) is 0.787. The van der Waals surface area contributed by atoms with Crippen LogP contribution in [0.2, 0.25) is 0 Å². The van der Waals surface area contributed by atoms with Crippen molar-refractivity contribution in [1.82, 2.24) is 30.0 Å². The monoisotopic (exact) mass is 317 g/mol. The fourth-order valence-electron chi connectivity index (χ4n) is 2.30. The van der Waals surface area contributed by atoms with Gasteiger partial charge in [-0.1, -0.05) is 0 Å². The van der Waals surface area contributed by atoms with Crippen LogP contribution in [0.5, 0.6) is 0 Å². The summed E-state index contributed by atoms with van der Waals surface area (Å²) in [5, 5.41) is 6.82. The van der Waals surface area contributed by atoms with Crippen molar-refractivity contribution in [2.24, 2.45) is 7.05 Å². The van der Waals surface area contributed by atoms with Crippen LogP contribution in [0.1, 0.15) is 16.2 Å². The maximum Gasteiger partial charge on any atom is 0.254 e. The Morgan fingerprint density at radius 1 is 1.26 bits per heavy atom. The zero-order chi connectivity index (χ0) is 16.1. The molecule has 0 spiro atoms. The average molecular weight is 317 g/mol. The van der Waals surface area contributed by atoms with Gasteiger partial charge in [0.25, 0.3) is 5.91 Å². The summed E-state index contributed by atoms with van der Waals surface area (Å²) >= 11 is 0. The molecular weight excluding hydrogens is 298 g/mol. The van der Waals surface area contributed by atoms with E-state index in [4.69, 9.17) is 4.74 Å². The Bertz CT molecular complexity index is 649. The number of morpholine rings is 1. The van der Waals surface area contributed by atoms with Crippen molar-refractivity contribution in [3.8, 4) is 0 Å². The summed E-state index contributed by atoms with van der Waals surface area (Å²) in [5.74, 6) is 1.26. The van der Waals surface area contributed by atoms with E-state index in [9.17, 15) is 4.79 Å². The van der Waals surface area contributed by atoms with Gasteiger partial charge in [-0.15, -0.1) is 0 Å². The summed E-state index contributed by atoms with van der Waals surface area (Å²) in [5.41, 5.74) is 0.444. The van der Waals surface area contributed by atoms with Crippen LogP contribution in [-0.2, 0) is 18.2 Å². The van der Waals surface area contributed by atoms with Gasteiger partial charge in [-0.05, 0) is 0 Å². The highest BCUT2D eigenvalue weighted by atomic mass is 16.5. The Morgan fingerprint density at radius 3 is 2.65 bits per heavy atom. The zero-order valence-corrected chi connectivity index (χ0v) is 13.0. The number of aromatic nitrogens is 5. The number of rotatable bonds is 5. The Hall–Kier alpha value is -2.55. The van der Waals surface area contributed by atoms with Crippen molar-refractivity contribution in [3.05, 3.63) is 30.1 Å². The summed E-state index contributed by atoms with van der Waals surface area (Å²) in [7, 11) is 1.82. The molecule has 1 N–H and O–H groups in total. The SMILES string of the molecule is Cn1ncnc1CCNC(=O)c1cnc(N2CCOCC2)nc1. The molecule has 0 bridgehead atoms. The third-order valence-corrected chi connectivity index (χ3v) is 3.63. The molecule has 1 amide bonds. The number of amides is 1. The topological polar surface area (TPSA) is 98.1 Å². The summed E-state index contributed by atoms with van der Waals surface area (Å²) in [6.07, 6.45) is 5.22. The first-order valence-corrected chi connectivity index (χ1v) is 7.50. The third kappa shape index (κ3) is 3.81. The fraction of sp³-hybridized carbons (Fsp3) is 0.500. The molecule has 122 valence electrons. The molecule has 1 saturated heterocycles. The predicted octanol–water partition coefficient (Wildman–Crippen LogP) is -0.586. The molecule has 3 heterocycles. The van der Waals surface area contributed by atoms with Crippen molar-refractivity contribution in [3.63, 3.8) is 0 Å². The van der Waals surface area contributed by atoms with Crippen LogP contribution >= 0.6 is 0 Å². The van der Waals surface area contributed by atoms with Crippen LogP contribution in [0.15, 0.2) is 18.7 Å². The standard InChI is InChI=1S/C14H19N7O2/c1-20-12(18-10-19-20)2-3-15-13(22)11-8-16-14(17-9-11)21-4-6-23-7-5-21/h8-10H,2-7H2,1H3,(H,15,22). The average Bonchev–Trinajstić information content (AvgIpc) is 3.01. The minimum absolute atomic E-state index is 0.194. The first-order chi connectivity index (χ1) is 11.2. The fourth-order valence-corrected chi connectivity index (χ4v) is 2.30. The van der Waals surface area contributed by atoms with Crippen molar-refractivity contribution in [2.75, 3.05) is 37.7 Å². The largest absolute Gasteiger partial charge is 0.378 e. The molecule has 1 fully saturated rings. The maximum absolute atomic E-state index is 12.1. The minimum atomic E-state index is -0.194. The van der Waals surface area contributed by atoms with Gasteiger partial charge in [0.15, 0.2) is 0 Å². The van der Waals surface area contributed by atoms with Crippen molar-refractivity contribution < 1.29 is 9.53 Å². The predicted molar refractivity (Wildman–Crippen MR) is 82.1 cm³/mol. The normalized spacial score (nSPS) is 14.7. The zero-order valence-electron chi connectivity index (χ0n) is 13.0. The van der Waals surface area contributed by atoms with E-state index < -0.39 is 0 Å². The molecule has 0 unspecified atom stereocenters. The van der Waals surface area contributed by atoms with Crippen LogP contribution in [0, 0.1) is 0 Å². The Kier molecular flexibility index (Phi) is 4.77. The second kappa shape index (κ2) is 7.14. The highest BCUT2D eigenvalue weighted by Gasteiger charge is 2.14. The number of nitrogens with zero attached hydrogens (tertiary/aromatic N) is 6. The maximum atomic E-state index is 12.1. The summed E-state index contributed by atoms with van der Waals surface area (Å²) in [4.78, 5) is 26.8. The van der Waals surface area contributed by atoms with Crippen LogP contribution < -0.4 is 10.2 Å². The van der Waals surface area contributed by atoms with Crippen LogP contribution in [0.3, 0.4) is 0 Å². The minimum Gasteiger partial charge on any atom is -0.378 e. The van der Waals surface area contributed by atoms with E-state index in [0.717, 1.165) is 18.9 Å². The van der Waals surface area contributed by atoms with E-state index in [-0.39, 0.29) is 5.91 Å². The highest BCUT2D eigenvalue weighted by molar-refractivity contribution is 5.93. The van der Waals surface area contributed by atoms with Gasteiger partial charge < -0.3 is 15.0 Å². The Labute approximate surface area is 133 Å². The van der Waals surface area contributed by atoms with E-state index in [1.54, 1.807) is 17.1 Å². The third-order valence-electron chi connectivity index (χ3n) is 3.63. The molecule has 0 radical (unpaired) electrons. The molecule has 9 nitrogen and oxygen atoms in total. The molecule has 0 saturated carbocycles. The first kappa shape index (κ1) is 15.3. The van der Waals surface area contributed by atoms with Gasteiger partial charge in [0, 0.05) is 45.5 Å². The number of carbonyl (C=O) groups excluding carboxylic acids is 1. The van der Waals surface area contributed by atoms with Crippen molar-refractivity contribution >= 4 is 11.9 Å². The molecule has 0 aliphatic carbocycles. The van der Waals surface area contributed by atoms with E-state index in [0.29, 0.717) is 37.7 Å². The van der Waals surface area contributed by atoms with Gasteiger partial charge in [0.1, 0.15) is 12.2 Å². The molecule has 0 aromatic carbocycles. The lowest BCUT2D eigenvalue weighted by Gasteiger charge is -2.26. The molecule has 9 heteroatoms. The molecule has 1 aliphatic rings. The number of aryl methyl sites for hydroxylation is 1. The van der Waals surface area contributed by atoms with Gasteiger partial charge in [-0.2, -0.15) is 5.10 Å². The number of nitrogens with one attached hydrogen (secondary N) is 1. The van der Waals surface area contributed by atoms with E-state index in [2.05, 4.69) is 25.4 Å². The summed E-state index contributed by atoms with van der Waals surface area (Å²) < 4.78 is 6.98. The van der Waals surface area contributed by atoms with Crippen LogP contribution in [-0.4, -0.2) is 63.5 Å². The molecule has 2 aromatic heterocycles. The molecule has 23 heavy (non-hydrogen) atoms. The van der Waals surface area contributed by atoms with E-state index in [1.807, 2.05) is 11.9 Å². The molecule has 3 rings (SSSR count). The second-order valence-electron chi connectivity index (χ2n) is 5.18. The number of carbonyl (C=O) groups is 1. The van der Waals surface area contributed by atoms with Crippen molar-refractivity contribution in [1.29, 1.82) is 0 Å². The van der Waals surface area contributed by atoms with Gasteiger partial charge in [0.2, 0.25) is 5.95 Å². The summed E-state index contributed by atoms with van der Waals surface area (Å²) in [6.45, 7) is 3.37. The lowest BCUT2D eigenvalue weighted by molar-refractivity contribution is 0.0953. The highest BCUT2D eigenvalue weighted by Crippen LogP contribution is 2.09. The van der Waals surface area contributed by atoms with Crippen LogP contribution in [0.25, 0.3) is 0 Å². The smallest absolute Gasteiger partial charge is 0.254 e. The number of hydrogen-bond acceptors (Lipinski definition) is 7. The molecule has 2 aromatic rings. The summed E-state index contributed by atoms with van der Waals surface area (Å²) in [6, 6.07) is 0. The second-order valence-corrected chi connectivity index (χ2v) is 5.18. The lowest BCUT2D eigenvalue weighted by Crippen LogP contribution is -2.37. The van der Waals surface area contributed by atoms with Crippen LogP contribution in [0.4, 0.5) is 5.95 Å². The molecular formula is C14H19N7O2. The first-order valence-electron chi connectivity index (χ1n) is 7.50.